The number of nitrogens with zero attached hydrogens (tertiary/aromatic N) is 3. The van der Waals surface area contributed by atoms with Crippen molar-refractivity contribution in [3.05, 3.63) is 34.6 Å². The molecule has 17 heavy (non-hydrogen) atoms. The summed E-state index contributed by atoms with van der Waals surface area (Å²) in [5.41, 5.74) is 1.90. The van der Waals surface area contributed by atoms with Crippen LogP contribution in [-0.2, 0) is 0 Å². The Hall–Kier alpha value is -1.49. The van der Waals surface area contributed by atoms with Crippen molar-refractivity contribution >= 4 is 21.7 Å². The molecule has 0 fully saturated rings. The molecule has 0 saturated heterocycles. The van der Waals surface area contributed by atoms with E-state index >= 15 is 0 Å². The largest absolute Gasteiger partial charge is 0.369 e. The lowest BCUT2D eigenvalue weighted by molar-refractivity contribution is 1.09. The van der Waals surface area contributed by atoms with Gasteiger partial charge in [-0.1, -0.05) is 6.07 Å². The Bertz CT molecular complexity index is 510. The first-order valence-corrected chi connectivity index (χ1v) is 6.19. The van der Waals surface area contributed by atoms with Crippen LogP contribution in [0, 0.1) is 6.92 Å². The molecule has 2 aromatic heterocycles. The molecule has 2 heterocycles. The van der Waals surface area contributed by atoms with E-state index in [4.69, 9.17) is 0 Å². The quantitative estimate of drug-likeness (QED) is 0.945. The SMILES string of the molecule is CCNc1nc(-c2ccc(C)cn2)ncc1Br. The standard InChI is InChI=1S/C12H13BrN4/c1-3-14-11-9(13)7-16-12(17-11)10-5-4-8(2)6-15-10/h4-7H,3H2,1-2H3,(H,14,16,17). The predicted octanol–water partition coefficient (Wildman–Crippen LogP) is 3.04. The first-order chi connectivity index (χ1) is 8.20. The predicted molar refractivity (Wildman–Crippen MR) is 71.9 cm³/mol. The van der Waals surface area contributed by atoms with Crippen LogP contribution in [0.25, 0.3) is 11.5 Å². The van der Waals surface area contributed by atoms with Crippen LogP contribution in [0.4, 0.5) is 5.82 Å². The Kier molecular flexibility index (Phi) is 3.68. The Balaban J connectivity index is 2.39. The number of rotatable bonds is 3. The van der Waals surface area contributed by atoms with E-state index in [1.54, 1.807) is 6.20 Å². The maximum absolute atomic E-state index is 4.43. The summed E-state index contributed by atoms with van der Waals surface area (Å²) in [6.45, 7) is 4.85. The number of aromatic nitrogens is 3. The van der Waals surface area contributed by atoms with E-state index < -0.39 is 0 Å². The summed E-state index contributed by atoms with van der Waals surface area (Å²) in [6, 6.07) is 3.93. The summed E-state index contributed by atoms with van der Waals surface area (Å²) >= 11 is 3.41. The molecule has 0 aromatic carbocycles. The number of aryl methyl sites for hydroxylation is 1. The van der Waals surface area contributed by atoms with Crippen LogP contribution < -0.4 is 5.32 Å². The van der Waals surface area contributed by atoms with Crippen molar-refractivity contribution in [2.75, 3.05) is 11.9 Å². The zero-order valence-electron chi connectivity index (χ0n) is 9.74. The number of hydrogen-bond acceptors (Lipinski definition) is 4. The zero-order valence-corrected chi connectivity index (χ0v) is 11.3. The van der Waals surface area contributed by atoms with Crippen molar-refractivity contribution in [2.45, 2.75) is 13.8 Å². The first-order valence-electron chi connectivity index (χ1n) is 5.40. The Morgan fingerprint density at radius 1 is 1.24 bits per heavy atom. The topological polar surface area (TPSA) is 50.7 Å². The number of nitrogens with one attached hydrogen (secondary N) is 1. The highest BCUT2D eigenvalue weighted by atomic mass is 79.9. The Labute approximate surface area is 109 Å². The van der Waals surface area contributed by atoms with E-state index in [1.807, 2.05) is 32.2 Å². The van der Waals surface area contributed by atoms with Crippen LogP contribution in [0.2, 0.25) is 0 Å². The number of halogens is 1. The zero-order chi connectivity index (χ0) is 12.3. The molecule has 0 amide bonds. The van der Waals surface area contributed by atoms with Crippen LogP contribution in [0.3, 0.4) is 0 Å². The molecule has 0 saturated carbocycles. The van der Waals surface area contributed by atoms with Gasteiger partial charge in [-0.2, -0.15) is 0 Å². The van der Waals surface area contributed by atoms with Crippen molar-refractivity contribution in [3.63, 3.8) is 0 Å². The molecule has 88 valence electrons. The Morgan fingerprint density at radius 3 is 2.71 bits per heavy atom. The van der Waals surface area contributed by atoms with Crippen LogP contribution >= 0.6 is 15.9 Å². The van der Waals surface area contributed by atoms with Crippen LogP contribution in [-0.4, -0.2) is 21.5 Å². The number of hydrogen-bond donors (Lipinski definition) is 1. The highest BCUT2D eigenvalue weighted by Crippen LogP contribution is 2.22. The average Bonchev–Trinajstić information content (AvgIpc) is 2.33. The van der Waals surface area contributed by atoms with Gasteiger partial charge in [-0.25, -0.2) is 9.97 Å². The average molecular weight is 293 g/mol. The van der Waals surface area contributed by atoms with Crippen molar-refractivity contribution < 1.29 is 0 Å². The number of pyridine rings is 1. The van der Waals surface area contributed by atoms with Crippen LogP contribution in [0.15, 0.2) is 29.0 Å². The van der Waals surface area contributed by atoms with Gasteiger partial charge >= 0.3 is 0 Å². The smallest absolute Gasteiger partial charge is 0.180 e. The van der Waals surface area contributed by atoms with Crippen molar-refractivity contribution in [3.8, 4) is 11.5 Å². The normalized spacial score (nSPS) is 10.3. The lowest BCUT2D eigenvalue weighted by Crippen LogP contribution is -2.02. The molecule has 0 spiro atoms. The van der Waals surface area contributed by atoms with E-state index in [1.165, 1.54) is 0 Å². The van der Waals surface area contributed by atoms with Gasteiger partial charge in [0.15, 0.2) is 5.82 Å². The first kappa shape index (κ1) is 12.0. The summed E-state index contributed by atoms with van der Waals surface area (Å²) in [7, 11) is 0. The van der Waals surface area contributed by atoms with E-state index in [0.29, 0.717) is 5.82 Å². The highest BCUT2D eigenvalue weighted by Gasteiger charge is 2.06. The minimum absolute atomic E-state index is 0.629. The molecule has 2 rings (SSSR count). The molecule has 0 aliphatic heterocycles. The highest BCUT2D eigenvalue weighted by molar-refractivity contribution is 9.10. The lowest BCUT2D eigenvalue weighted by Gasteiger charge is -2.06. The molecule has 2 aromatic rings. The van der Waals surface area contributed by atoms with Crippen LogP contribution in [0.1, 0.15) is 12.5 Å². The van der Waals surface area contributed by atoms with E-state index in [9.17, 15) is 0 Å². The van der Waals surface area contributed by atoms with Crippen LogP contribution in [0.5, 0.6) is 0 Å². The van der Waals surface area contributed by atoms with Gasteiger partial charge in [0.05, 0.1) is 4.47 Å². The van der Waals surface area contributed by atoms with Crippen molar-refractivity contribution in [1.29, 1.82) is 0 Å². The van der Waals surface area contributed by atoms with Gasteiger partial charge in [0.2, 0.25) is 0 Å². The summed E-state index contributed by atoms with van der Waals surface area (Å²) in [4.78, 5) is 13.0. The van der Waals surface area contributed by atoms with Gasteiger partial charge in [0.1, 0.15) is 11.5 Å². The minimum atomic E-state index is 0.629. The third-order valence-corrected chi connectivity index (χ3v) is 2.81. The fourth-order valence-electron chi connectivity index (χ4n) is 1.38. The molecule has 0 aliphatic carbocycles. The number of anilines is 1. The molecule has 0 radical (unpaired) electrons. The van der Waals surface area contributed by atoms with Crippen molar-refractivity contribution in [2.24, 2.45) is 0 Å². The van der Waals surface area contributed by atoms with E-state index in [0.717, 1.165) is 28.1 Å². The second-order valence-corrected chi connectivity index (χ2v) is 4.50. The molecule has 0 unspecified atom stereocenters. The van der Waals surface area contributed by atoms with Crippen molar-refractivity contribution in [1.82, 2.24) is 15.0 Å². The molecule has 0 bridgehead atoms. The molecule has 5 heteroatoms. The summed E-state index contributed by atoms with van der Waals surface area (Å²) < 4.78 is 0.857. The minimum Gasteiger partial charge on any atom is -0.369 e. The molecular formula is C12H13BrN4. The third kappa shape index (κ3) is 2.79. The summed E-state index contributed by atoms with van der Waals surface area (Å²) in [6.07, 6.45) is 3.55. The van der Waals surface area contributed by atoms with Gasteiger partial charge in [-0.15, -0.1) is 0 Å². The summed E-state index contributed by atoms with van der Waals surface area (Å²) in [5, 5.41) is 3.17. The van der Waals surface area contributed by atoms with Gasteiger partial charge < -0.3 is 5.32 Å². The van der Waals surface area contributed by atoms with Gasteiger partial charge in [-0.05, 0) is 41.4 Å². The molecule has 0 atom stereocenters. The fraction of sp³-hybridized carbons (Fsp3) is 0.250. The molecule has 1 N–H and O–H groups in total. The molecule has 0 aliphatic rings. The molecule has 4 nitrogen and oxygen atoms in total. The van der Waals surface area contributed by atoms with E-state index in [-0.39, 0.29) is 0 Å². The van der Waals surface area contributed by atoms with Gasteiger partial charge in [0, 0.05) is 18.9 Å². The fourth-order valence-corrected chi connectivity index (χ4v) is 1.71. The van der Waals surface area contributed by atoms with Gasteiger partial charge in [-0.3, -0.25) is 4.98 Å². The lowest BCUT2D eigenvalue weighted by atomic mass is 10.2. The summed E-state index contributed by atoms with van der Waals surface area (Å²) in [5.74, 6) is 1.42. The maximum atomic E-state index is 4.43. The second kappa shape index (κ2) is 5.23. The van der Waals surface area contributed by atoms with Gasteiger partial charge in [0.25, 0.3) is 0 Å². The third-order valence-electron chi connectivity index (χ3n) is 2.23. The second-order valence-electron chi connectivity index (χ2n) is 3.64. The monoisotopic (exact) mass is 292 g/mol. The Morgan fingerprint density at radius 2 is 2.06 bits per heavy atom. The molecular weight excluding hydrogens is 280 g/mol. The maximum Gasteiger partial charge on any atom is 0.180 e. The van der Waals surface area contributed by atoms with E-state index in [2.05, 4.69) is 36.2 Å².